The molecule has 0 fully saturated rings. The van der Waals surface area contributed by atoms with Crippen molar-refractivity contribution in [2.24, 2.45) is 0 Å². The molecule has 1 N–H and O–H groups in total. The van der Waals surface area contributed by atoms with Gasteiger partial charge in [0.25, 0.3) is 0 Å². The maximum atomic E-state index is 12.8. The van der Waals surface area contributed by atoms with Crippen LogP contribution in [0.2, 0.25) is 0 Å². The molecule has 114 valence electrons. The highest BCUT2D eigenvalue weighted by molar-refractivity contribution is 8.02. The third kappa shape index (κ3) is 2.64. The highest BCUT2D eigenvalue weighted by Gasteiger charge is 2.47. The molecular formula is C16H16N2O2S2. The number of carbonyl (C=O) groups excluding carboxylic acids is 2. The SMILES string of the molecule is CN(Cc1cccs1)C(=O)[C@@]1(C)Sc2ccccc2NC1=O. The molecule has 6 heteroatoms. The molecule has 1 atom stereocenters. The standard InChI is InChI=1S/C16H16N2O2S2/c1-16(15(20)18(2)10-11-6-5-9-21-11)14(19)17-12-7-3-4-8-13(12)22-16/h3-9H,10H2,1-2H3,(H,17,19)/t16-/m0/s1. The third-order valence-corrected chi connectivity index (χ3v) is 5.82. The summed E-state index contributed by atoms with van der Waals surface area (Å²) < 4.78 is -1.14. The molecule has 0 saturated heterocycles. The predicted octanol–water partition coefficient (Wildman–Crippen LogP) is 3.21. The second-order valence-electron chi connectivity index (χ2n) is 5.33. The molecule has 1 aromatic heterocycles. The first kappa shape index (κ1) is 15.1. The summed E-state index contributed by atoms with van der Waals surface area (Å²) in [5, 5.41) is 4.82. The molecular weight excluding hydrogens is 316 g/mol. The van der Waals surface area contributed by atoms with Crippen LogP contribution in [0.3, 0.4) is 0 Å². The quantitative estimate of drug-likeness (QED) is 0.878. The fourth-order valence-electron chi connectivity index (χ4n) is 2.38. The van der Waals surface area contributed by atoms with Crippen molar-refractivity contribution in [2.75, 3.05) is 12.4 Å². The van der Waals surface area contributed by atoms with E-state index in [4.69, 9.17) is 0 Å². The van der Waals surface area contributed by atoms with E-state index in [1.165, 1.54) is 11.8 Å². The smallest absolute Gasteiger partial charge is 0.250 e. The van der Waals surface area contributed by atoms with E-state index in [0.717, 1.165) is 15.5 Å². The summed E-state index contributed by atoms with van der Waals surface area (Å²) in [7, 11) is 1.74. The van der Waals surface area contributed by atoms with Crippen molar-refractivity contribution in [3.05, 3.63) is 46.7 Å². The molecule has 4 nitrogen and oxygen atoms in total. The van der Waals surface area contributed by atoms with Gasteiger partial charge in [0.15, 0.2) is 4.75 Å². The Kier molecular flexibility index (Phi) is 3.97. The van der Waals surface area contributed by atoms with Gasteiger partial charge in [0.05, 0.1) is 12.2 Å². The van der Waals surface area contributed by atoms with Gasteiger partial charge in [-0.15, -0.1) is 11.3 Å². The van der Waals surface area contributed by atoms with Gasteiger partial charge in [-0.25, -0.2) is 0 Å². The summed E-state index contributed by atoms with van der Waals surface area (Å²) in [5.74, 6) is -0.447. The fraction of sp³-hybridized carbons (Fsp3) is 0.250. The minimum atomic E-state index is -1.14. The number of hydrogen-bond acceptors (Lipinski definition) is 4. The second-order valence-corrected chi connectivity index (χ2v) is 7.82. The maximum Gasteiger partial charge on any atom is 0.250 e. The average Bonchev–Trinajstić information content (AvgIpc) is 3.00. The van der Waals surface area contributed by atoms with E-state index in [2.05, 4.69) is 5.32 Å². The van der Waals surface area contributed by atoms with Gasteiger partial charge in [0.1, 0.15) is 0 Å². The highest BCUT2D eigenvalue weighted by Crippen LogP contribution is 2.43. The maximum absolute atomic E-state index is 12.8. The zero-order valence-corrected chi connectivity index (χ0v) is 14.0. The van der Waals surface area contributed by atoms with Gasteiger partial charge >= 0.3 is 0 Å². The van der Waals surface area contributed by atoms with Crippen LogP contribution in [0.4, 0.5) is 5.69 Å². The van der Waals surface area contributed by atoms with E-state index in [1.807, 2.05) is 41.8 Å². The number of rotatable bonds is 3. The molecule has 0 unspecified atom stereocenters. The molecule has 2 amide bonds. The molecule has 1 aromatic carbocycles. The molecule has 2 heterocycles. The number of benzene rings is 1. The number of carbonyl (C=O) groups is 2. The first-order valence-electron chi connectivity index (χ1n) is 6.88. The molecule has 1 aliphatic rings. The summed E-state index contributed by atoms with van der Waals surface area (Å²) >= 11 is 2.92. The van der Waals surface area contributed by atoms with Crippen LogP contribution in [0.15, 0.2) is 46.7 Å². The van der Waals surface area contributed by atoms with Crippen molar-refractivity contribution in [3.8, 4) is 0 Å². The van der Waals surface area contributed by atoms with Gasteiger partial charge in [0.2, 0.25) is 11.8 Å². The van der Waals surface area contributed by atoms with E-state index in [9.17, 15) is 9.59 Å². The van der Waals surface area contributed by atoms with Crippen molar-refractivity contribution < 1.29 is 9.59 Å². The Morgan fingerprint density at radius 1 is 1.27 bits per heavy atom. The van der Waals surface area contributed by atoms with Crippen molar-refractivity contribution in [1.29, 1.82) is 0 Å². The van der Waals surface area contributed by atoms with Crippen molar-refractivity contribution in [3.63, 3.8) is 0 Å². The lowest BCUT2D eigenvalue weighted by atomic mass is 10.1. The highest BCUT2D eigenvalue weighted by atomic mass is 32.2. The van der Waals surface area contributed by atoms with Gasteiger partial charge in [0, 0.05) is 16.8 Å². The summed E-state index contributed by atoms with van der Waals surface area (Å²) in [6.07, 6.45) is 0. The Morgan fingerprint density at radius 3 is 2.77 bits per heavy atom. The minimum Gasteiger partial charge on any atom is -0.339 e. The van der Waals surface area contributed by atoms with Crippen LogP contribution in [0.25, 0.3) is 0 Å². The summed E-state index contributed by atoms with van der Waals surface area (Å²) in [6.45, 7) is 2.21. The molecule has 2 aromatic rings. The topological polar surface area (TPSA) is 49.4 Å². The first-order chi connectivity index (χ1) is 10.5. The van der Waals surface area contributed by atoms with E-state index < -0.39 is 4.75 Å². The molecule has 0 spiro atoms. The molecule has 0 aliphatic carbocycles. The number of thioether (sulfide) groups is 1. The molecule has 0 radical (unpaired) electrons. The molecule has 0 saturated carbocycles. The largest absolute Gasteiger partial charge is 0.339 e. The van der Waals surface area contributed by atoms with Crippen LogP contribution in [0, 0.1) is 0 Å². The van der Waals surface area contributed by atoms with Crippen LogP contribution < -0.4 is 5.32 Å². The first-order valence-corrected chi connectivity index (χ1v) is 8.58. The van der Waals surface area contributed by atoms with Crippen molar-refractivity contribution >= 4 is 40.6 Å². The van der Waals surface area contributed by atoms with Gasteiger partial charge < -0.3 is 10.2 Å². The number of hydrogen-bond donors (Lipinski definition) is 1. The lowest BCUT2D eigenvalue weighted by molar-refractivity contribution is -0.137. The van der Waals surface area contributed by atoms with Crippen LogP contribution in [0.5, 0.6) is 0 Å². The predicted molar refractivity (Wildman–Crippen MR) is 90.1 cm³/mol. The monoisotopic (exact) mass is 332 g/mol. The summed E-state index contributed by atoms with van der Waals surface area (Å²) in [6, 6.07) is 11.5. The Morgan fingerprint density at radius 2 is 2.05 bits per heavy atom. The number of para-hydroxylation sites is 1. The van der Waals surface area contributed by atoms with Crippen LogP contribution >= 0.6 is 23.1 Å². The van der Waals surface area contributed by atoms with Crippen molar-refractivity contribution in [2.45, 2.75) is 23.1 Å². The number of fused-ring (bicyclic) bond motifs is 1. The fourth-order valence-corrected chi connectivity index (χ4v) is 4.34. The molecule has 0 bridgehead atoms. The zero-order valence-electron chi connectivity index (χ0n) is 12.3. The van der Waals surface area contributed by atoms with Gasteiger partial charge in [-0.05, 0) is 30.5 Å². The third-order valence-electron chi connectivity index (χ3n) is 3.61. The average molecular weight is 332 g/mol. The number of amides is 2. The Balaban J connectivity index is 1.83. The Hall–Kier alpha value is -1.79. The normalized spacial score (nSPS) is 20.2. The minimum absolute atomic E-state index is 0.182. The number of nitrogens with zero attached hydrogens (tertiary/aromatic N) is 1. The van der Waals surface area contributed by atoms with Gasteiger partial charge in [-0.2, -0.15) is 0 Å². The summed E-state index contributed by atoms with van der Waals surface area (Å²) in [5.41, 5.74) is 0.767. The van der Waals surface area contributed by atoms with Crippen LogP contribution in [-0.4, -0.2) is 28.5 Å². The second kappa shape index (κ2) is 5.78. The van der Waals surface area contributed by atoms with Crippen LogP contribution in [-0.2, 0) is 16.1 Å². The molecule has 1 aliphatic heterocycles. The summed E-state index contributed by atoms with van der Waals surface area (Å²) in [4.78, 5) is 28.9. The molecule has 22 heavy (non-hydrogen) atoms. The number of nitrogens with one attached hydrogen (secondary N) is 1. The van der Waals surface area contributed by atoms with Crippen molar-refractivity contribution in [1.82, 2.24) is 4.90 Å². The van der Waals surface area contributed by atoms with Gasteiger partial charge in [-0.1, -0.05) is 30.0 Å². The van der Waals surface area contributed by atoms with E-state index in [-0.39, 0.29) is 11.8 Å². The van der Waals surface area contributed by atoms with E-state index in [1.54, 1.807) is 30.2 Å². The van der Waals surface area contributed by atoms with E-state index >= 15 is 0 Å². The Bertz CT molecular complexity index is 715. The lowest BCUT2D eigenvalue weighted by Crippen LogP contribution is -2.52. The number of thiophene rings is 1. The van der Waals surface area contributed by atoms with Gasteiger partial charge in [-0.3, -0.25) is 9.59 Å². The number of anilines is 1. The Labute approximate surface area is 137 Å². The lowest BCUT2D eigenvalue weighted by Gasteiger charge is -2.34. The zero-order chi connectivity index (χ0) is 15.7. The van der Waals surface area contributed by atoms with Crippen LogP contribution in [0.1, 0.15) is 11.8 Å². The van der Waals surface area contributed by atoms with E-state index in [0.29, 0.717) is 6.54 Å². The molecule has 3 rings (SSSR count).